The van der Waals surface area contributed by atoms with Crippen molar-refractivity contribution in [3.05, 3.63) is 88.9 Å². The van der Waals surface area contributed by atoms with Crippen molar-refractivity contribution in [2.45, 2.75) is 19.3 Å². The first kappa shape index (κ1) is 28.9. The topological polar surface area (TPSA) is 89.5 Å². The van der Waals surface area contributed by atoms with E-state index in [1.54, 1.807) is 36.4 Å². The van der Waals surface area contributed by atoms with Crippen LogP contribution in [-0.4, -0.2) is 36.9 Å². The van der Waals surface area contributed by atoms with Crippen molar-refractivity contribution in [3.63, 3.8) is 0 Å². The highest BCUT2D eigenvalue weighted by atomic mass is 35.5. The molecule has 1 heterocycles. The lowest BCUT2D eigenvalue weighted by Crippen LogP contribution is -2.26. The van der Waals surface area contributed by atoms with Crippen molar-refractivity contribution < 1.29 is 32.2 Å². The van der Waals surface area contributed by atoms with Gasteiger partial charge in [-0.15, -0.1) is 13.2 Å². The zero-order chi connectivity index (χ0) is 28.7. The van der Waals surface area contributed by atoms with Gasteiger partial charge < -0.3 is 20.1 Å². The van der Waals surface area contributed by atoms with Gasteiger partial charge in [-0.1, -0.05) is 47.2 Å². The van der Waals surface area contributed by atoms with E-state index in [2.05, 4.69) is 20.1 Å². The molecule has 40 heavy (non-hydrogen) atoms. The highest BCUT2D eigenvalue weighted by Crippen LogP contribution is 2.40. The van der Waals surface area contributed by atoms with Crippen molar-refractivity contribution >= 4 is 39.9 Å². The van der Waals surface area contributed by atoms with Gasteiger partial charge in [-0.05, 0) is 59.7 Å². The lowest BCUT2D eigenvalue weighted by atomic mass is 10.1. The van der Waals surface area contributed by atoms with Crippen molar-refractivity contribution in [1.82, 2.24) is 10.3 Å². The third kappa shape index (κ3) is 7.96. The molecule has 7 nitrogen and oxygen atoms in total. The number of benzene rings is 3. The number of ether oxygens (including phenoxy) is 2. The molecule has 0 radical (unpaired) electrons. The molecule has 0 unspecified atom stereocenters. The van der Waals surface area contributed by atoms with Crippen LogP contribution in [0.25, 0.3) is 21.7 Å². The molecular formula is C28H23ClF3N3O4S. The van der Waals surface area contributed by atoms with Crippen LogP contribution in [0.3, 0.4) is 0 Å². The molecule has 0 saturated heterocycles. The summed E-state index contributed by atoms with van der Waals surface area (Å²) in [5.41, 5.74) is 3.40. The number of carbonyl (C=O) groups excluding carboxylic acids is 2. The van der Waals surface area contributed by atoms with Crippen molar-refractivity contribution in [2.75, 3.05) is 19.0 Å². The summed E-state index contributed by atoms with van der Waals surface area (Å²) >= 11 is 7.44. The normalized spacial score (nSPS) is 11.1. The number of methoxy groups -OCH3 is 1. The van der Waals surface area contributed by atoms with Gasteiger partial charge in [0.15, 0.2) is 5.13 Å². The Morgan fingerprint density at radius 3 is 2.23 bits per heavy atom. The molecule has 0 saturated carbocycles. The Kier molecular flexibility index (Phi) is 9.28. The fraction of sp³-hybridized carbons (Fsp3) is 0.179. The van der Waals surface area contributed by atoms with Crippen molar-refractivity contribution in [3.8, 4) is 27.4 Å². The maximum absolute atomic E-state index is 12.6. The number of halogens is 4. The molecule has 208 valence electrons. The van der Waals surface area contributed by atoms with Crippen LogP contribution in [0.5, 0.6) is 5.75 Å². The lowest BCUT2D eigenvalue weighted by Gasteiger charge is -2.09. The molecule has 12 heteroatoms. The lowest BCUT2D eigenvalue weighted by molar-refractivity contribution is -0.274. The van der Waals surface area contributed by atoms with E-state index in [0.717, 1.165) is 16.0 Å². The molecule has 0 fully saturated rings. The molecule has 1 aromatic heterocycles. The number of nitrogens with one attached hydrogen (secondary N) is 2. The van der Waals surface area contributed by atoms with E-state index in [1.807, 2.05) is 12.1 Å². The van der Waals surface area contributed by atoms with Crippen LogP contribution in [0.15, 0.2) is 72.8 Å². The van der Waals surface area contributed by atoms with Crippen LogP contribution in [0.1, 0.15) is 22.3 Å². The molecule has 0 atom stereocenters. The van der Waals surface area contributed by atoms with Crippen LogP contribution in [0, 0.1) is 0 Å². The van der Waals surface area contributed by atoms with Crippen molar-refractivity contribution in [1.29, 1.82) is 0 Å². The molecule has 0 aliphatic heterocycles. The highest BCUT2D eigenvalue weighted by Gasteiger charge is 2.31. The molecule has 1 amide bonds. The van der Waals surface area contributed by atoms with E-state index in [0.29, 0.717) is 33.5 Å². The molecule has 4 aromatic rings. The minimum absolute atomic E-state index is 0.0868. The third-order valence-electron chi connectivity index (χ3n) is 5.60. The Bertz CT molecular complexity index is 1460. The summed E-state index contributed by atoms with van der Waals surface area (Å²) in [7, 11) is 1.29. The van der Waals surface area contributed by atoms with Gasteiger partial charge in [0.05, 0.1) is 24.1 Å². The van der Waals surface area contributed by atoms with Crippen LogP contribution in [0.4, 0.5) is 18.3 Å². The van der Waals surface area contributed by atoms with Crippen LogP contribution < -0.4 is 15.4 Å². The van der Waals surface area contributed by atoms with Gasteiger partial charge >= 0.3 is 12.3 Å². The summed E-state index contributed by atoms with van der Waals surface area (Å²) in [5, 5.41) is 7.11. The van der Waals surface area contributed by atoms with Crippen LogP contribution >= 0.6 is 22.9 Å². The van der Waals surface area contributed by atoms with E-state index >= 15 is 0 Å². The van der Waals surface area contributed by atoms with E-state index in [4.69, 9.17) is 16.6 Å². The molecule has 0 spiro atoms. The summed E-state index contributed by atoms with van der Waals surface area (Å²) in [6.45, 7) is 0.588. The first-order valence-electron chi connectivity index (χ1n) is 11.9. The zero-order valence-electron chi connectivity index (χ0n) is 21.0. The van der Waals surface area contributed by atoms with E-state index in [-0.39, 0.29) is 24.6 Å². The summed E-state index contributed by atoms with van der Waals surface area (Å²) in [6, 6.07) is 19.7. The molecule has 0 aliphatic carbocycles. The van der Waals surface area contributed by atoms with Gasteiger partial charge in [-0.25, -0.2) is 4.98 Å². The minimum atomic E-state index is -4.78. The van der Waals surface area contributed by atoms with Crippen molar-refractivity contribution in [2.24, 2.45) is 0 Å². The first-order valence-corrected chi connectivity index (χ1v) is 13.1. The van der Waals surface area contributed by atoms with Crippen LogP contribution in [-0.2, 0) is 16.1 Å². The number of esters is 1. The summed E-state index contributed by atoms with van der Waals surface area (Å²) in [6.07, 6.45) is -4.69. The summed E-state index contributed by atoms with van der Waals surface area (Å²) in [5.74, 6) is -1.02. The van der Waals surface area contributed by atoms with Gasteiger partial charge in [-0.2, -0.15) is 0 Å². The monoisotopic (exact) mass is 589 g/mol. The smallest absolute Gasteiger partial charge is 0.469 e. The van der Waals surface area contributed by atoms with Gasteiger partial charge in [0.2, 0.25) is 0 Å². The largest absolute Gasteiger partial charge is 0.573 e. The highest BCUT2D eigenvalue weighted by molar-refractivity contribution is 7.19. The third-order valence-corrected chi connectivity index (χ3v) is 6.91. The predicted molar refractivity (Wildman–Crippen MR) is 147 cm³/mol. The SMILES string of the molecule is COC(=O)CCNC(=O)c1ccc(CNc2nc(-c3ccc(OC(F)(F)F)cc3)c(-c3ccc(Cl)cc3)s2)cc1. The van der Waals surface area contributed by atoms with E-state index < -0.39 is 12.3 Å². The maximum Gasteiger partial charge on any atom is 0.573 e. The number of hydrogen-bond donors (Lipinski definition) is 2. The Morgan fingerprint density at radius 1 is 0.950 bits per heavy atom. The number of carbonyl (C=O) groups is 2. The summed E-state index contributed by atoms with van der Waals surface area (Å²) < 4.78 is 46.3. The minimum Gasteiger partial charge on any atom is -0.469 e. The Labute approximate surface area is 236 Å². The molecule has 2 N–H and O–H groups in total. The van der Waals surface area contributed by atoms with Gasteiger partial charge in [0, 0.05) is 29.2 Å². The quantitative estimate of drug-likeness (QED) is 0.195. The molecule has 3 aromatic carbocycles. The second kappa shape index (κ2) is 12.8. The molecular weight excluding hydrogens is 567 g/mol. The number of alkyl halides is 3. The van der Waals surface area contributed by atoms with Gasteiger partial charge in [-0.3, -0.25) is 9.59 Å². The number of rotatable bonds is 10. The number of aromatic nitrogens is 1. The standard InChI is InChI=1S/C28H23ClF3N3O4S/c1-38-23(36)14-15-33-26(37)20-4-2-17(3-5-20)16-34-27-35-24(25(40-27)19-6-10-21(29)11-7-19)18-8-12-22(13-9-18)39-28(30,31)32/h2-13H,14-16H2,1H3,(H,33,37)(H,34,35). The Hall–Kier alpha value is -4.09. The zero-order valence-corrected chi connectivity index (χ0v) is 22.6. The molecule has 0 bridgehead atoms. The fourth-order valence-electron chi connectivity index (χ4n) is 3.64. The average molecular weight is 590 g/mol. The Morgan fingerprint density at radius 2 is 1.60 bits per heavy atom. The number of anilines is 1. The second-order valence-corrected chi connectivity index (χ2v) is 9.84. The number of hydrogen-bond acceptors (Lipinski definition) is 7. The fourth-order valence-corrected chi connectivity index (χ4v) is 4.75. The summed E-state index contributed by atoms with van der Waals surface area (Å²) in [4.78, 5) is 29.0. The van der Waals surface area contributed by atoms with E-state index in [9.17, 15) is 22.8 Å². The van der Waals surface area contributed by atoms with E-state index in [1.165, 1.54) is 42.7 Å². The van der Waals surface area contributed by atoms with Gasteiger partial charge in [0.1, 0.15) is 5.75 Å². The number of thiazole rings is 1. The predicted octanol–water partition coefficient (Wildman–Crippen LogP) is 6.93. The molecule has 4 rings (SSSR count). The second-order valence-electron chi connectivity index (χ2n) is 8.41. The Balaban J connectivity index is 1.48. The number of amides is 1. The van der Waals surface area contributed by atoms with Gasteiger partial charge in [0.25, 0.3) is 5.91 Å². The average Bonchev–Trinajstić information content (AvgIpc) is 3.36. The number of nitrogens with zero attached hydrogens (tertiary/aromatic N) is 1. The molecule has 0 aliphatic rings. The van der Waals surface area contributed by atoms with Crippen LogP contribution in [0.2, 0.25) is 5.02 Å². The first-order chi connectivity index (χ1) is 19.1. The maximum atomic E-state index is 12.6.